The van der Waals surface area contributed by atoms with Gasteiger partial charge in [0, 0.05) is 6.04 Å². The molecule has 0 aromatic rings. The Balaban J connectivity index is 2.07. The van der Waals surface area contributed by atoms with E-state index < -0.39 is 0 Å². The lowest BCUT2D eigenvalue weighted by molar-refractivity contribution is 0.209. The monoisotopic (exact) mass is 197 g/mol. The second kappa shape index (κ2) is 3.49. The van der Waals surface area contributed by atoms with Crippen molar-refractivity contribution >= 4 is 23.4 Å². The second-order valence-corrected chi connectivity index (χ2v) is 3.79. The van der Waals surface area contributed by atoms with E-state index in [4.69, 9.17) is 12.2 Å². The number of nitrogens with zero attached hydrogens (tertiary/aromatic N) is 3. The third kappa shape index (κ3) is 1.60. The molecular formula is C8H11N3OS. The highest BCUT2D eigenvalue weighted by atomic mass is 32.1. The number of carbonyl (C=O) groups excluding carboxylic acids is 1. The number of carbonyl (C=O) groups is 1. The van der Waals surface area contributed by atoms with Gasteiger partial charge in [-0.15, -0.1) is 5.11 Å². The summed E-state index contributed by atoms with van der Waals surface area (Å²) in [6, 6.07) is -0.0272. The highest BCUT2D eigenvalue weighted by Crippen LogP contribution is 2.25. The van der Waals surface area contributed by atoms with Crippen molar-refractivity contribution in [2.75, 3.05) is 0 Å². The summed E-state index contributed by atoms with van der Waals surface area (Å²) in [7, 11) is 0. The van der Waals surface area contributed by atoms with Crippen LogP contribution in [0.1, 0.15) is 32.1 Å². The Bertz CT molecular complexity index is 253. The molecule has 1 saturated carbocycles. The topological polar surface area (TPSA) is 45.0 Å². The van der Waals surface area contributed by atoms with Crippen LogP contribution in [0.3, 0.4) is 0 Å². The molecule has 0 unspecified atom stereocenters. The van der Waals surface area contributed by atoms with E-state index in [0.717, 1.165) is 12.8 Å². The minimum atomic E-state index is -0.281. The van der Waals surface area contributed by atoms with Crippen LogP contribution in [0.25, 0.3) is 0 Å². The highest BCUT2D eigenvalue weighted by Gasteiger charge is 2.32. The van der Waals surface area contributed by atoms with Gasteiger partial charge in [-0.25, -0.2) is 4.79 Å². The van der Waals surface area contributed by atoms with Crippen molar-refractivity contribution in [3.05, 3.63) is 0 Å². The van der Waals surface area contributed by atoms with E-state index in [1.807, 2.05) is 0 Å². The third-order valence-corrected chi connectivity index (χ3v) is 2.85. The molecule has 70 valence electrons. The van der Waals surface area contributed by atoms with Crippen molar-refractivity contribution in [2.24, 2.45) is 10.2 Å². The summed E-state index contributed by atoms with van der Waals surface area (Å²) in [5, 5.41) is 7.40. The summed E-state index contributed by atoms with van der Waals surface area (Å²) in [5.41, 5.74) is 0. The molecule has 0 bridgehead atoms. The maximum absolute atomic E-state index is 11.3. The molecule has 0 radical (unpaired) electrons. The first-order chi connectivity index (χ1) is 6.29. The van der Waals surface area contributed by atoms with E-state index in [-0.39, 0.29) is 12.1 Å². The SMILES string of the molecule is O=C1N=NC(=S)N1C1CCCCC1. The van der Waals surface area contributed by atoms with Crippen LogP contribution in [0, 0.1) is 0 Å². The van der Waals surface area contributed by atoms with E-state index in [0.29, 0.717) is 5.11 Å². The largest absolute Gasteiger partial charge is 0.368 e. The first-order valence-corrected chi connectivity index (χ1v) is 4.99. The number of amides is 2. The van der Waals surface area contributed by atoms with E-state index in [1.54, 1.807) is 4.90 Å². The Morgan fingerprint density at radius 3 is 2.46 bits per heavy atom. The van der Waals surface area contributed by atoms with Gasteiger partial charge in [-0.05, 0) is 25.1 Å². The van der Waals surface area contributed by atoms with Gasteiger partial charge < -0.3 is 0 Å². The number of hydrogen-bond acceptors (Lipinski definition) is 2. The van der Waals surface area contributed by atoms with E-state index in [2.05, 4.69) is 10.2 Å². The van der Waals surface area contributed by atoms with Crippen LogP contribution in [0.4, 0.5) is 4.79 Å². The van der Waals surface area contributed by atoms with Gasteiger partial charge in [0.1, 0.15) is 0 Å². The predicted molar refractivity (Wildman–Crippen MR) is 51.6 cm³/mol. The maximum Gasteiger partial charge on any atom is 0.368 e. The minimum absolute atomic E-state index is 0.253. The number of azo groups is 1. The van der Waals surface area contributed by atoms with Gasteiger partial charge in [0.15, 0.2) is 0 Å². The summed E-state index contributed by atoms with van der Waals surface area (Å²) in [6.07, 6.45) is 5.70. The van der Waals surface area contributed by atoms with Gasteiger partial charge in [-0.1, -0.05) is 24.4 Å². The molecule has 1 heterocycles. The number of thiocarbonyl (C=S) groups is 1. The summed E-state index contributed by atoms with van der Waals surface area (Å²) < 4.78 is 0. The molecule has 1 aliphatic heterocycles. The molecule has 4 nitrogen and oxygen atoms in total. The fourth-order valence-electron chi connectivity index (χ4n) is 1.92. The molecule has 2 amide bonds. The average molecular weight is 197 g/mol. The lowest BCUT2D eigenvalue weighted by atomic mass is 9.95. The van der Waals surface area contributed by atoms with Crippen LogP contribution in [0.2, 0.25) is 0 Å². The maximum atomic E-state index is 11.3. The van der Waals surface area contributed by atoms with Gasteiger partial charge in [-0.3, -0.25) is 4.90 Å². The van der Waals surface area contributed by atoms with E-state index >= 15 is 0 Å². The van der Waals surface area contributed by atoms with Crippen molar-refractivity contribution < 1.29 is 4.79 Å². The predicted octanol–water partition coefficient (Wildman–Crippen LogP) is 2.49. The van der Waals surface area contributed by atoms with Crippen molar-refractivity contribution in [3.8, 4) is 0 Å². The second-order valence-electron chi connectivity index (χ2n) is 3.43. The standard InChI is InChI=1S/C8H11N3OS/c12-7-9-10-8(13)11(7)6-4-2-1-3-5-6/h6H,1-5H2. The molecule has 1 fully saturated rings. The Hall–Kier alpha value is -0.840. The Kier molecular flexibility index (Phi) is 2.35. The zero-order valence-corrected chi connectivity index (χ0v) is 8.09. The first-order valence-electron chi connectivity index (χ1n) is 4.58. The van der Waals surface area contributed by atoms with Crippen LogP contribution < -0.4 is 0 Å². The molecule has 1 aliphatic carbocycles. The normalized spacial score (nSPS) is 24.5. The zero-order valence-electron chi connectivity index (χ0n) is 7.27. The molecule has 0 N–H and O–H groups in total. The molecule has 2 aliphatic rings. The van der Waals surface area contributed by atoms with Gasteiger partial charge >= 0.3 is 6.03 Å². The number of urea groups is 1. The summed E-state index contributed by atoms with van der Waals surface area (Å²) >= 11 is 4.94. The molecule has 0 aromatic heterocycles. The Morgan fingerprint density at radius 1 is 1.23 bits per heavy atom. The molecule has 13 heavy (non-hydrogen) atoms. The van der Waals surface area contributed by atoms with Crippen LogP contribution >= 0.6 is 12.2 Å². The molecule has 5 heteroatoms. The van der Waals surface area contributed by atoms with Crippen molar-refractivity contribution in [1.82, 2.24) is 4.90 Å². The molecule has 0 aromatic carbocycles. The number of rotatable bonds is 1. The fourth-order valence-corrected chi connectivity index (χ4v) is 2.18. The molecule has 2 rings (SSSR count). The Labute approximate surface area is 82.0 Å². The van der Waals surface area contributed by atoms with Crippen molar-refractivity contribution in [3.63, 3.8) is 0 Å². The van der Waals surface area contributed by atoms with Gasteiger partial charge in [-0.2, -0.15) is 0 Å². The van der Waals surface area contributed by atoms with Crippen molar-refractivity contribution in [1.29, 1.82) is 0 Å². The molecule has 0 atom stereocenters. The third-order valence-electron chi connectivity index (χ3n) is 2.57. The van der Waals surface area contributed by atoms with E-state index in [9.17, 15) is 4.79 Å². The quantitative estimate of drug-likeness (QED) is 0.606. The minimum Gasteiger partial charge on any atom is -0.261 e. The lowest BCUT2D eigenvalue weighted by Crippen LogP contribution is -2.39. The van der Waals surface area contributed by atoms with E-state index in [1.165, 1.54) is 19.3 Å². The highest BCUT2D eigenvalue weighted by molar-refractivity contribution is 7.80. The van der Waals surface area contributed by atoms with Crippen LogP contribution in [0.5, 0.6) is 0 Å². The molecule has 0 spiro atoms. The van der Waals surface area contributed by atoms with Gasteiger partial charge in [0.25, 0.3) is 0 Å². The van der Waals surface area contributed by atoms with Crippen LogP contribution in [0.15, 0.2) is 10.2 Å². The summed E-state index contributed by atoms with van der Waals surface area (Å²) in [4.78, 5) is 12.8. The summed E-state index contributed by atoms with van der Waals surface area (Å²) in [6.45, 7) is 0. The average Bonchev–Trinajstić information content (AvgIpc) is 2.48. The molecular weight excluding hydrogens is 186 g/mol. The number of hydrogen-bond donors (Lipinski definition) is 0. The van der Waals surface area contributed by atoms with Crippen LogP contribution in [-0.4, -0.2) is 22.1 Å². The Morgan fingerprint density at radius 2 is 1.92 bits per heavy atom. The summed E-state index contributed by atoms with van der Waals surface area (Å²) in [5.74, 6) is 0. The van der Waals surface area contributed by atoms with Gasteiger partial charge in [0.05, 0.1) is 0 Å². The lowest BCUT2D eigenvalue weighted by Gasteiger charge is -2.28. The van der Waals surface area contributed by atoms with Gasteiger partial charge in [0.2, 0.25) is 5.11 Å². The first kappa shape index (κ1) is 8.74. The molecule has 0 saturated heterocycles. The van der Waals surface area contributed by atoms with Crippen LogP contribution in [-0.2, 0) is 0 Å². The van der Waals surface area contributed by atoms with Crippen molar-refractivity contribution in [2.45, 2.75) is 38.1 Å². The smallest absolute Gasteiger partial charge is 0.261 e. The zero-order chi connectivity index (χ0) is 9.26. The fraction of sp³-hybridized carbons (Fsp3) is 0.750.